The summed E-state index contributed by atoms with van der Waals surface area (Å²) in [5, 5.41) is 11.1. The number of hydrogen-bond donors (Lipinski definition) is 1. The van der Waals surface area contributed by atoms with E-state index in [0.29, 0.717) is 16.8 Å². The first-order valence-electron chi connectivity index (χ1n) is 12.6. The van der Waals surface area contributed by atoms with E-state index in [-0.39, 0.29) is 41.7 Å². The van der Waals surface area contributed by atoms with Crippen molar-refractivity contribution < 1.29 is 28.2 Å². The van der Waals surface area contributed by atoms with Crippen LogP contribution in [-0.4, -0.2) is 44.9 Å². The third-order valence-electron chi connectivity index (χ3n) is 6.31. The average Bonchev–Trinajstić information content (AvgIpc) is 3.52. The molecule has 1 aliphatic rings. The number of benzene rings is 3. The molecule has 40 heavy (non-hydrogen) atoms. The minimum absolute atomic E-state index is 0.0479. The van der Waals surface area contributed by atoms with Crippen LogP contribution in [0.4, 0.5) is 10.1 Å². The van der Waals surface area contributed by atoms with Crippen molar-refractivity contribution >= 4 is 34.3 Å². The number of hydrogen-bond acceptors (Lipinski definition) is 7. The van der Waals surface area contributed by atoms with Crippen molar-refractivity contribution in [2.45, 2.75) is 45.8 Å². The van der Waals surface area contributed by atoms with Crippen LogP contribution >= 0.6 is 0 Å². The number of nitrogens with one attached hydrogen (secondary N) is 1. The van der Waals surface area contributed by atoms with Gasteiger partial charge in [-0.15, -0.1) is 5.10 Å². The van der Waals surface area contributed by atoms with Crippen molar-refractivity contribution in [3.63, 3.8) is 0 Å². The zero-order valence-corrected chi connectivity index (χ0v) is 22.5. The number of para-hydroxylation sites is 1. The molecule has 0 saturated heterocycles. The molecule has 5 rings (SSSR count). The van der Waals surface area contributed by atoms with E-state index in [1.807, 2.05) is 0 Å². The highest BCUT2D eigenvalue weighted by Crippen LogP contribution is 2.42. The SMILES string of the molecule is CC(=O)c1cc2c(cc1N(C(=O)Cn1nnc3ccccc31)[C@H](C(=O)NC(C)(C)C)c1ccccc1F)OCO2. The van der Waals surface area contributed by atoms with Gasteiger partial charge in [0.05, 0.1) is 11.2 Å². The van der Waals surface area contributed by atoms with E-state index >= 15 is 4.39 Å². The highest BCUT2D eigenvalue weighted by Gasteiger charge is 2.38. The largest absolute Gasteiger partial charge is 0.454 e. The molecule has 1 N–H and O–H groups in total. The predicted molar refractivity (Wildman–Crippen MR) is 145 cm³/mol. The van der Waals surface area contributed by atoms with Gasteiger partial charge in [-0.3, -0.25) is 19.3 Å². The van der Waals surface area contributed by atoms with E-state index in [0.717, 1.165) is 4.90 Å². The Morgan fingerprint density at radius 3 is 2.42 bits per heavy atom. The van der Waals surface area contributed by atoms with Crippen LogP contribution < -0.4 is 19.7 Å². The fourth-order valence-corrected chi connectivity index (χ4v) is 4.60. The first kappa shape index (κ1) is 26.8. The minimum atomic E-state index is -1.49. The average molecular weight is 546 g/mol. The predicted octanol–water partition coefficient (Wildman–Crippen LogP) is 4.19. The molecule has 0 saturated carbocycles. The van der Waals surface area contributed by atoms with Crippen LogP contribution in [-0.2, 0) is 16.1 Å². The number of aromatic nitrogens is 3. The molecule has 206 valence electrons. The van der Waals surface area contributed by atoms with Gasteiger partial charge in [-0.2, -0.15) is 0 Å². The van der Waals surface area contributed by atoms with Gasteiger partial charge in [0.1, 0.15) is 23.9 Å². The van der Waals surface area contributed by atoms with Crippen LogP contribution in [0.5, 0.6) is 11.5 Å². The van der Waals surface area contributed by atoms with Crippen LogP contribution in [0.2, 0.25) is 0 Å². The first-order chi connectivity index (χ1) is 19.0. The van der Waals surface area contributed by atoms with Crippen molar-refractivity contribution in [2.24, 2.45) is 0 Å². The zero-order chi connectivity index (χ0) is 28.6. The van der Waals surface area contributed by atoms with Gasteiger partial charge in [0.2, 0.25) is 18.6 Å². The number of Topliss-reactive ketones (excluding diaryl/α,β-unsaturated/α-hetero) is 1. The maximum absolute atomic E-state index is 15.4. The molecule has 0 spiro atoms. The lowest BCUT2D eigenvalue weighted by molar-refractivity contribution is -0.128. The highest BCUT2D eigenvalue weighted by molar-refractivity contribution is 6.08. The summed E-state index contributed by atoms with van der Waals surface area (Å²) < 4.78 is 27.8. The summed E-state index contributed by atoms with van der Waals surface area (Å²) in [5.41, 5.74) is 0.582. The number of rotatable bonds is 7. The molecular weight excluding hydrogens is 517 g/mol. The summed E-state index contributed by atoms with van der Waals surface area (Å²) >= 11 is 0. The van der Waals surface area contributed by atoms with E-state index in [2.05, 4.69) is 15.6 Å². The molecule has 1 aromatic heterocycles. The molecule has 4 aromatic rings. The van der Waals surface area contributed by atoms with E-state index in [1.165, 1.54) is 41.9 Å². The molecule has 0 fully saturated rings. The van der Waals surface area contributed by atoms with Crippen molar-refractivity contribution in [2.75, 3.05) is 11.7 Å². The van der Waals surface area contributed by atoms with Crippen LogP contribution in [0.1, 0.15) is 49.7 Å². The number of halogens is 1. The van der Waals surface area contributed by atoms with Gasteiger partial charge in [-0.1, -0.05) is 35.5 Å². The van der Waals surface area contributed by atoms with E-state index in [9.17, 15) is 14.4 Å². The van der Waals surface area contributed by atoms with Gasteiger partial charge in [-0.25, -0.2) is 9.07 Å². The fraction of sp³-hybridized carbons (Fsp3) is 0.276. The maximum atomic E-state index is 15.4. The Balaban J connectivity index is 1.72. The molecule has 2 amide bonds. The zero-order valence-electron chi connectivity index (χ0n) is 22.5. The molecule has 1 aliphatic heterocycles. The lowest BCUT2D eigenvalue weighted by Gasteiger charge is -2.34. The Bertz CT molecular complexity index is 1630. The van der Waals surface area contributed by atoms with Crippen molar-refractivity contribution in [1.82, 2.24) is 20.3 Å². The molecule has 11 heteroatoms. The normalized spacial score (nSPS) is 13.2. The number of ketones is 1. The quantitative estimate of drug-likeness (QED) is 0.346. The van der Waals surface area contributed by atoms with Crippen LogP contribution in [0.3, 0.4) is 0 Å². The van der Waals surface area contributed by atoms with Crippen LogP contribution in [0.25, 0.3) is 11.0 Å². The number of amides is 2. The first-order valence-corrected chi connectivity index (χ1v) is 12.6. The summed E-state index contributed by atoms with van der Waals surface area (Å²) in [7, 11) is 0. The third-order valence-corrected chi connectivity index (χ3v) is 6.31. The van der Waals surface area contributed by atoms with Crippen molar-refractivity contribution in [3.8, 4) is 11.5 Å². The summed E-state index contributed by atoms with van der Waals surface area (Å²) in [4.78, 5) is 42.2. The van der Waals surface area contributed by atoms with Crippen LogP contribution in [0.15, 0.2) is 60.7 Å². The number of nitrogens with zero attached hydrogens (tertiary/aromatic N) is 4. The molecule has 0 bridgehead atoms. The summed E-state index contributed by atoms with van der Waals surface area (Å²) in [5.74, 6) is -1.74. The van der Waals surface area contributed by atoms with E-state index in [4.69, 9.17) is 9.47 Å². The van der Waals surface area contributed by atoms with Gasteiger partial charge >= 0.3 is 0 Å². The second-order valence-corrected chi connectivity index (χ2v) is 10.4. The lowest BCUT2D eigenvalue weighted by atomic mass is 9.98. The third kappa shape index (κ3) is 5.22. The summed E-state index contributed by atoms with van der Waals surface area (Å²) in [6, 6.07) is 14.3. The van der Waals surface area contributed by atoms with Gasteiger partial charge in [0.15, 0.2) is 17.3 Å². The Morgan fingerprint density at radius 1 is 1.05 bits per heavy atom. The number of fused-ring (bicyclic) bond motifs is 2. The van der Waals surface area contributed by atoms with Gasteiger partial charge < -0.3 is 14.8 Å². The monoisotopic (exact) mass is 545 g/mol. The van der Waals surface area contributed by atoms with Crippen molar-refractivity contribution in [1.29, 1.82) is 0 Å². The van der Waals surface area contributed by atoms with E-state index < -0.39 is 29.2 Å². The molecule has 2 heterocycles. The van der Waals surface area contributed by atoms with Crippen molar-refractivity contribution in [3.05, 3.63) is 77.6 Å². The standard InChI is InChI=1S/C29H28FN5O5/c1-17(36)19-13-24-25(40-16-39-24)14-23(19)35(26(37)15-34-22-12-8-7-11-21(22)32-33-34)27(28(38)31-29(2,3)4)18-9-5-6-10-20(18)30/h5-14,27H,15-16H2,1-4H3,(H,31,38)/t27-/m0/s1. The minimum Gasteiger partial charge on any atom is -0.454 e. The number of ether oxygens (including phenoxy) is 2. The topological polar surface area (TPSA) is 116 Å². The Hall–Kier alpha value is -4.80. The molecule has 1 atom stereocenters. The fourth-order valence-electron chi connectivity index (χ4n) is 4.60. The second-order valence-electron chi connectivity index (χ2n) is 10.4. The molecule has 3 aromatic carbocycles. The number of carbonyl (C=O) groups is 3. The molecule has 0 unspecified atom stereocenters. The number of anilines is 1. The van der Waals surface area contributed by atoms with Gasteiger partial charge in [0, 0.05) is 22.7 Å². The highest BCUT2D eigenvalue weighted by atomic mass is 19.1. The second kappa shape index (κ2) is 10.4. The Kier molecular flexibility index (Phi) is 6.97. The van der Waals surface area contributed by atoms with Gasteiger partial charge in [-0.05, 0) is 52.0 Å². The van der Waals surface area contributed by atoms with Crippen LogP contribution in [0, 0.1) is 5.82 Å². The number of carbonyl (C=O) groups excluding carboxylic acids is 3. The lowest BCUT2D eigenvalue weighted by Crippen LogP contribution is -2.50. The summed E-state index contributed by atoms with van der Waals surface area (Å²) in [6.45, 7) is 6.24. The van der Waals surface area contributed by atoms with Gasteiger partial charge in [0.25, 0.3) is 0 Å². The Labute approximate surface area is 229 Å². The molecule has 0 radical (unpaired) electrons. The Morgan fingerprint density at radius 2 is 1.73 bits per heavy atom. The molecule has 0 aliphatic carbocycles. The summed E-state index contributed by atoms with van der Waals surface area (Å²) in [6.07, 6.45) is 0. The maximum Gasteiger partial charge on any atom is 0.249 e. The smallest absolute Gasteiger partial charge is 0.249 e. The molecule has 10 nitrogen and oxygen atoms in total. The molecular formula is C29H28FN5O5. The van der Waals surface area contributed by atoms with E-state index in [1.54, 1.807) is 51.1 Å².